The van der Waals surface area contributed by atoms with Crippen LogP contribution in [0.1, 0.15) is 13.8 Å². The highest BCUT2D eigenvalue weighted by Crippen LogP contribution is 2.32. The van der Waals surface area contributed by atoms with Crippen LogP contribution in [0.3, 0.4) is 0 Å². The molecule has 8 heteroatoms. The van der Waals surface area contributed by atoms with Crippen LogP contribution in [0.25, 0.3) is 0 Å². The maximum atomic E-state index is 12.9. The number of ether oxygens (including phenoxy) is 1. The summed E-state index contributed by atoms with van der Waals surface area (Å²) in [6.07, 6.45) is 0. The van der Waals surface area contributed by atoms with Crippen LogP contribution < -0.4 is 15.8 Å². The highest BCUT2D eigenvalue weighted by atomic mass is 32.2. The number of anilines is 1. The molecule has 1 saturated heterocycles. The fraction of sp³-hybridized carbons (Fsp3) is 0.462. The lowest BCUT2D eigenvalue weighted by Crippen LogP contribution is -2.63. The Bertz CT molecular complexity index is 670. The Morgan fingerprint density at radius 3 is 2.67 bits per heavy atom. The second kappa shape index (κ2) is 5.19. The number of rotatable bonds is 3. The molecule has 0 radical (unpaired) electrons. The number of nitrogens with two attached hydrogens (primary N) is 1. The number of carbonyl (C=O) groups excluding carboxylic acids is 1. The summed E-state index contributed by atoms with van der Waals surface area (Å²) < 4.78 is 32.0. The molecule has 116 valence electrons. The van der Waals surface area contributed by atoms with E-state index in [1.54, 1.807) is 13.8 Å². The van der Waals surface area contributed by atoms with E-state index in [1.807, 2.05) is 0 Å². The maximum Gasteiger partial charge on any atom is 0.247 e. The molecule has 2 rings (SSSR count). The number of nitrogen functional groups attached to an aromatic ring is 1. The molecule has 1 heterocycles. The van der Waals surface area contributed by atoms with Gasteiger partial charge in [0, 0.05) is 24.8 Å². The minimum atomic E-state index is -3.87. The van der Waals surface area contributed by atoms with Crippen LogP contribution in [-0.4, -0.2) is 44.4 Å². The van der Waals surface area contributed by atoms with Crippen LogP contribution >= 0.6 is 0 Å². The van der Waals surface area contributed by atoms with Crippen molar-refractivity contribution >= 4 is 21.6 Å². The monoisotopic (exact) mass is 313 g/mol. The van der Waals surface area contributed by atoms with Crippen molar-refractivity contribution in [3.8, 4) is 5.75 Å². The van der Waals surface area contributed by atoms with Crippen molar-refractivity contribution in [1.82, 2.24) is 9.62 Å². The summed E-state index contributed by atoms with van der Waals surface area (Å²) in [6.45, 7) is 3.62. The molecule has 0 aliphatic carbocycles. The SMILES string of the molecule is COc1cc(N)ccc1S(=O)(=O)N1CCNC(=O)C1(C)C. The van der Waals surface area contributed by atoms with E-state index < -0.39 is 15.6 Å². The molecule has 1 aromatic rings. The predicted molar refractivity (Wildman–Crippen MR) is 78.4 cm³/mol. The molecule has 0 bridgehead atoms. The van der Waals surface area contributed by atoms with E-state index in [0.717, 1.165) is 0 Å². The number of sulfonamides is 1. The molecule has 0 aromatic heterocycles. The Morgan fingerprint density at radius 2 is 2.05 bits per heavy atom. The summed E-state index contributed by atoms with van der Waals surface area (Å²) in [5.74, 6) is -0.163. The Balaban J connectivity index is 2.54. The molecule has 1 aliphatic heterocycles. The molecule has 0 spiro atoms. The Hall–Kier alpha value is -1.80. The first-order valence-corrected chi connectivity index (χ1v) is 7.90. The highest BCUT2D eigenvalue weighted by Gasteiger charge is 2.45. The van der Waals surface area contributed by atoms with Crippen molar-refractivity contribution in [2.24, 2.45) is 0 Å². The summed E-state index contributed by atoms with van der Waals surface area (Å²) in [5, 5.41) is 2.67. The lowest BCUT2D eigenvalue weighted by atomic mass is 10.0. The molecule has 0 atom stereocenters. The first kappa shape index (κ1) is 15.6. The predicted octanol–water partition coefficient (Wildman–Crippen LogP) is 0.177. The van der Waals surface area contributed by atoms with Crippen molar-refractivity contribution in [3.63, 3.8) is 0 Å². The topological polar surface area (TPSA) is 102 Å². The van der Waals surface area contributed by atoms with Crippen molar-refractivity contribution in [2.45, 2.75) is 24.3 Å². The zero-order chi connectivity index (χ0) is 15.8. The van der Waals surface area contributed by atoms with E-state index in [9.17, 15) is 13.2 Å². The number of amides is 1. The quantitative estimate of drug-likeness (QED) is 0.775. The molecular formula is C13H19N3O4S. The fourth-order valence-corrected chi connectivity index (χ4v) is 4.21. The highest BCUT2D eigenvalue weighted by molar-refractivity contribution is 7.89. The number of nitrogens with one attached hydrogen (secondary N) is 1. The van der Waals surface area contributed by atoms with Crippen LogP contribution in [0.2, 0.25) is 0 Å². The van der Waals surface area contributed by atoms with E-state index in [-0.39, 0.29) is 29.6 Å². The molecule has 3 N–H and O–H groups in total. The van der Waals surface area contributed by atoms with E-state index in [2.05, 4.69) is 5.32 Å². The van der Waals surface area contributed by atoms with Gasteiger partial charge in [0.15, 0.2) is 0 Å². The van der Waals surface area contributed by atoms with Crippen LogP contribution in [0.4, 0.5) is 5.69 Å². The number of nitrogens with zero attached hydrogens (tertiary/aromatic N) is 1. The van der Waals surface area contributed by atoms with Crippen molar-refractivity contribution in [2.75, 3.05) is 25.9 Å². The molecule has 7 nitrogen and oxygen atoms in total. The van der Waals surface area contributed by atoms with Gasteiger partial charge in [-0.1, -0.05) is 0 Å². The zero-order valence-corrected chi connectivity index (χ0v) is 13.0. The summed E-state index contributed by atoms with van der Waals surface area (Å²) in [6, 6.07) is 4.34. The maximum absolute atomic E-state index is 12.9. The standard InChI is InChI=1S/C13H19N3O4S/c1-13(2)12(17)15-6-7-16(13)21(18,19)11-5-4-9(14)8-10(11)20-3/h4-5,8H,6-7,14H2,1-3H3,(H,15,17). The van der Waals surface area contributed by atoms with Gasteiger partial charge in [0.1, 0.15) is 16.2 Å². The second-order valence-corrected chi connectivity index (χ2v) is 7.13. The van der Waals surface area contributed by atoms with Gasteiger partial charge in [-0.05, 0) is 26.0 Å². The molecule has 1 aliphatic rings. The van der Waals surface area contributed by atoms with E-state index >= 15 is 0 Å². The van der Waals surface area contributed by atoms with Crippen LogP contribution in [0.5, 0.6) is 5.75 Å². The van der Waals surface area contributed by atoms with Gasteiger partial charge in [-0.25, -0.2) is 8.42 Å². The van der Waals surface area contributed by atoms with Crippen molar-refractivity contribution in [3.05, 3.63) is 18.2 Å². The smallest absolute Gasteiger partial charge is 0.247 e. The molecule has 0 saturated carbocycles. The van der Waals surface area contributed by atoms with Gasteiger partial charge in [-0.2, -0.15) is 4.31 Å². The van der Waals surface area contributed by atoms with Crippen LogP contribution in [0, 0.1) is 0 Å². The Morgan fingerprint density at radius 1 is 1.38 bits per heavy atom. The molecule has 21 heavy (non-hydrogen) atoms. The normalized spacial score (nSPS) is 19.1. The molecule has 1 amide bonds. The minimum Gasteiger partial charge on any atom is -0.495 e. The van der Waals surface area contributed by atoms with E-state index in [4.69, 9.17) is 10.5 Å². The third-order valence-electron chi connectivity index (χ3n) is 3.54. The van der Waals surface area contributed by atoms with Gasteiger partial charge >= 0.3 is 0 Å². The molecule has 0 unspecified atom stereocenters. The summed E-state index contributed by atoms with van der Waals surface area (Å²) in [7, 11) is -2.49. The lowest BCUT2D eigenvalue weighted by molar-refractivity contribution is -0.131. The van der Waals surface area contributed by atoms with Gasteiger partial charge in [-0.3, -0.25) is 4.79 Å². The van der Waals surface area contributed by atoms with Crippen molar-refractivity contribution in [1.29, 1.82) is 0 Å². The number of hydrogen-bond acceptors (Lipinski definition) is 5. The van der Waals surface area contributed by atoms with Gasteiger partial charge in [-0.15, -0.1) is 0 Å². The fourth-order valence-electron chi connectivity index (χ4n) is 2.32. The third kappa shape index (κ3) is 2.56. The number of piperazine rings is 1. The van der Waals surface area contributed by atoms with E-state index in [1.165, 1.54) is 29.6 Å². The number of methoxy groups -OCH3 is 1. The van der Waals surface area contributed by atoms with Gasteiger partial charge < -0.3 is 15.8 Å². The largest absolute Gasteiger partial charge is 0.495 e. The Labute approximate surface area is 124 Å². The van der Waals surface area contributed by atoms with Gasteiger partial charge in [0.05, 0.1) is 7.11 Å². The second-order valence-electron chi connectivity index (χ2n) is 5.30. The third-order valence-corrected chi connectivity index (χ3v) is 5.65. The van der Waals surface area contributed by atoms with E-state index in [0.29, 0.717) is 5.69 Å². The minimum absolute atomic E-state index is 0.00183. The first-order chi connectivity index (χ1) is 9.71. The summed E-state index contributed by atoms with van der Waals surface area (Å²) in [4.78, 5) is 11.9. The first-order valence-electron chi connectivity index (χ1n) is 6.46. The number of benzene rings is 1. The summed E-state index contributed by atoms with van der Waals surface area (Å²) >= 11 is 0. The number of carbonyl (C=O) groups is 1. The zero-order valence-electron chi connectivity index (χ0n) is 12.2. The molecule has 1 fully saturated rings. The summed E-state index contributed by atoms with van der Waals surface area (Å²) in [5.41, 5.74) is 4.89. The van der Waals surface area contributed by atoms with Crippen molar-refractivity contribution < 1.29 is 17.9 Å². The lowest BCUT2D eigenvalue weighted by Gasteiger charge is -2.40. The van der Waals surface area contributed by atoms with Gasteiger partial charge in [0.2, 0.25) is 15.9 Å². The van der Waals surface area contributed by atoms with Crippen LogP contribution in [-0.2, 0) is 14.8 Å². The molecule has 1 aromatic carbocycles. The number of hydrogen-bond donors (Lipinski definition) is 2. The Kier molecular flexibility index (Phi) is 3.85. The van der Waals surface area contributed by atoms with Crippen LogP contribution in [0.15, 0.2) is 23.1 Å². The van der Waals surface area contributed by atoms with Gasteiger partial charge in [0.25, 0.3) is 0 Å². The average molecular weight is 313 g/mol. The molecular weight excluding hydrogens is 294 g/mol. The average Bonchev–Trinajstić information content (AvgIpc) is 2.41.